The van der Waals surface area contributed by atoms with Crippen LogP contribution in [0.4, 0.5) is 0 Å². The van der Waals surface area contributed by atoms with Crippen molar-refractivity contribution >= 4 is 29.2 Å². The number of aryl methyl sites for hydroxylation is 1. The second kappa shape index (κ2) is 9.88. The average molecular weight is 457 g/mol. The van der Waals surface area contributed by atoms with Crippen molar-refractivity contribution in [1.82, 2.24) is 14.5 Å². The van der Waals surface area contributed by atoms with Gasteiger partial charge in [0, 0.05) is 42.5 Å². The minimum absolute atomic E-state index is 0.0808. The maximum Gasteiger partial charge on any atom is 0.310 e. The number of amides is 1. The summed E-state index contributed by atoms with van der Waals surface area (Å²) in [6, 6.07) is 11.4. The second-order valence-electron chi connectivity index (χ2n) is 8.36. The number of halogens is 1. The highest BCUT2D eigenvalue weighted by Crippen LogP contribution is 2.34. The Morgan fingerprint density at radius 1 is 1.22 bits per heavy atom. The van der Waals surface area contributed by atoms with Crippen LogP contribution in [0.1, 0.15) is 43.5 Å². The summed E-state index contributed by atoms with van der Waals surface area (Å²) >= 11 is 6.42. The molecule has 1 amide bonds. The lowest BCUT2D eigenvalue weighted by atomic mass is 9.98. The first kappa shape index (κ1) is 22.6. The third kappa shape index (κ3) is 4.74. The SMILES string of the molecule is CCOC(=O)[C@@H]1CCCN(CC(=O)N2N=C(c3ccccc3Cl)C[C@H]2c2cccn2C)C1. The number of hydrazone groups is 1. The normalized spacial score (nSPS) is 21.5. The van der Waals surface area contributed by atoms with Crippen LogP contribution in [0.3, 0.4) is 0 Å². The monoisotopic (exact) mass is 456 g/mol. The van der Waals surface area contributed by atoms with Crippen LogP contribution >= 0.6 is 11.6 Å². The van der Waals surface area contributed by atoms with Crippen molar-refractivity contribution in [1.29, 1.82) is 0 Å². The minimum atomic E-state index is -0.195. The third-order valence-electron chi connectivity index (χ3n) is 6.16. The summed E-state index contributed by atoms with van der Waals surface area (Å²) in [6.07, 6.45) is 4.24. The summed E-state index contributed by atoms with van der Waals surface area (Å²) in [4.78, 5) is 27.6. The number of esters is 1. The first-order valence-corrected chi connectivity index (χ1v) is 11.5. The molecule has 0 N–H and O–H groups in total. The van der Waals surface area contributed by atoms with Crippen LogP contribution in [0.2, 0.25) is 5.02 Å². The number of nitrogens with zero attached hydrogens (tertiary/aromatic N) is 4. The zero-order valence-electron chi connectivity index (χ0n) is 18.5. The number of ether oxygens (including phenoxy) is 1. The molecule has 1 aromatic carbocycles. The van der Waals surface area contributed by atoms with E-state index in [9.17, 15) is 9.59 Å². The molecular weight excluding hydrogens is 428 g/mol. The summed E-state index contributed by atoms with van der Waals surface area (Å²) in [5.74, 6) is -0.435. The lowest BCUT2D eigenvalue weighted by molar-refractivity contribution is -0.150. The maximum atomic E-state index is 13.4. The number of hydrogen-bond donors (Lipinski definition) is 0. The quantitative estimate of drug-likeness (QED) is 0.622. The van der Waals surface area contributed by atoms with Gasteiger partial charge in [-0.25, -0.2) is 5.01 Å². The van der Waals surface area contributed by atoms with Crippen molar-refractivity contribution in [3.8, 4) is 0 Å². The van der Waals surface area contributed by atoms with E-state index in [1.165, 1.54) is 0 Å². The van der Waals surface area contributed by atoms with Crippen LogP contribution in [0.25, 0.3) is 0 Å². The summed E-state index contributed by atoms with van der Waals surface area (Å²) in [7, 11) is 1.97. The van der Waals surface area contributed by atoms with E-state index in [1.54, 1.807) is 5.01 Å². The zero-order chi connectivity index (χ0) is 22.7. The number of hydrogen-bond acceptors (Lipinski definition) is 5. The molecule has 2 aliphatic rings. The van der Waals surface area contributed by atoms with E-state index in [-0.39, 0.29) is 30.4 Å². The summed E-state index contributed by atoms with van der Waals surface area (Å²) in [5, 5.41) is 6.95. The summed E-state index contributed by atoms with van der Waals surface area (Å²) in [5.41, 5.74) is 2.68. The molecule has 1 fully saturated rings. The van der Waals surface area contributed by atoms with Crippen LogP contribution in [-0.4, -0.2) is 58.3 Å². The Hall–Kier alpha value is -2.64. The van der Waals surface area contributed by atoms with Crippen LogP contribution in [-0.2, 0) is 21.4 Å². The van der Waals surface area contributed by atoms with Crippen molar-refractivity contribution in [3.63, 3.8) is 0 Å². The van der Waals surface area contributed by atoms with Gasteiger partial charge in [-0.15, -0.1) is 0 Å². The van der Waals surface area contributed by atoms with Gasteiger partial charge in [0.2, 0.25) is 0 Å². The fourth-order valence-electron chi connectivity index (χ4n) is 4.56. The average Bonchev–Trinajstić information content (AvgIpc) is 3.40. The number of piperidine rings is 1. The number of aromatic nitrogens is 1. The molecule has 1 aromatic heterocycles. The Bertz CT molecular complexity index is 1020. The Kier molecular flexibility index (Phi) is 6.96. The maximum absolute atomic E-state index is 13.4. The summed E-state index contributed by atoms with van der Waals surface area (Å²) < 4.78 is 7.21. The molecular formula is C24H29ClN4O3. The fraction of sp³-hybridized carbons (Fsp3) is 0.458. The highest BCUT2D eigenvalue weighted by atomic mass is 35.5. The molecule has 0 unspecified atom stereocenters. The molecule has 2 aromatic rings. The first-order valence-electron chi connectivity index (χ1n) is 11.1. The molecule has 0 saturated carbocycles. The molecule has 0 aliphatic carbocycles. The standard InChI is InChI=1S/C24H29ClN4O3/c1-3-32-24(31)17-8-6-13-28(15-17)16-23(30)29-22(21-11-7-12-27(21)2)14-20(26-29)18-9-4-5-10-19(18)25/h4-5,7,9-12,17,22H,3,6,8,13-16H2,1-2H3/t17-,22+/m1/s1. The van der Waals surface area contributed by atoms with Gasteiger partial charge < -0.3 is 9.30 Å². The topological polar surface area (TPSA) is 67.1 Å². The van der Waals surface area contributed by atoms with E-state index in [0.29, 0.717) is 24.6 Å². The lowest BCUT2D eigenvalue weighted by Gasteiger charge is -2.32. The van der Waals surface area contributed by atoms with Gasteiger partial charge >= 0.3 is 5.97 Å². The molecule has 1 saturated heterocycles. The molecule has 0 radical (unpaired) electrons. The molecule has 2 atom stereocenters. The molecule has 170 valence electrons. The Morgan fingerprint density at radius 2 is 2.03 bits per heavy atom. The summed E-state index contributed by atoms with van der Waals surface area (Å²) in [6.45, 7) is 3.73. The van der Waals surface area contributed by atoms with Gasteiger partial charge in [0.1, 0.15) is 6.04 Å². The Labute approximate surface area is 193 Å². The molecule has 32 heavy (non-hydrogen) atoms. The van der Waals surface area contributed by atoms with Crippen molar-refractivity contribution in [2.75, 3.05) is 26.2 Å². The number of likely N-dealkylation sites (tertiary alicyclic amines) is 1. The Morgan fingerprint density at radius 3 is 2.75 bits per heavy atom. The van der Waals surface area contributed by atoms with Crippen LogP contribution in [0, 0.1) is 5.92 Å². The largest absolute Gasteiger partial charge is 0.466 e. The molecule has 7 nitrogen and oxygen atoms in total. The zero-order valence-corrected chi connectivity index (χ0v) is 19.3. The number of carbonyl (C=O) groups is 2. The van der Waals surface area contributed by atoms with E-state index < -0.39 is 0 Å². The first-order chi connectivity index (χ1) is 15.5. The van der Waals surface area contributed by atoms with Crippen molar-refractivity contribution in [3.05, 3.63) is 58.9 Å². The van der Waals surface area contributed by atoms with Crippen molar-refractivity contribution in [2.45, 2.75) is 32.2 Å². The van der Waals surface area contributed by atoms with Gasteiger partial charge in [-0.05, 0) is 44.5 Å². The van der Waals surface area contributed by atoms with E-state index in [2.05, 4.69) is 0 Å². The Balaban J connectivity index is 1.54. The van der Waals surface area contributed by atoms with Crippen molar-refractivity contribution in [2.24, 2.45) is 18.1 Å². The van der Waals surface area contributed by atoms with Gasteiger partial charge in [-0.3, -0.25) is 14.5 Å². The van der Waals surface area contributed by atoms with Crippen LogP contribution in [0.5, 0.6) is 0 Å². The molecule has 8 heteroatoms. The number of carbonyl (C=O) groups excluding carboxylic acids is 2. The number of rotatable bonds is 6. The van der Waals surface area contributed by atoms with E-state index in [0.717, 1.165) is 36.4 Å². The molecule has 0 bridgehead atoms. The molecule has 2 aliphatic heterocycles. The van der Waals surface area contributed by atoms with Gasteiger partial charge in [0.15, 0.2) is 0 Å². The van der Waals surface area contributed by atoms with Crippen molar-refractivity contribution < 1.29 is 14.3 Å². The molecule has 3 heterocycles. The molecule has 0 spiro atoms. The molecule has 4 rings (SSSR count). The highest BCUT2D eigenvalue weighted by Gasteiger charge is 2.36. The minimum Gasteiger partial charge on any atom is -0.466 e. The van der Waals surface area contributed by atoms with Crippen LogP contribution < -0.4 is 0 Å². The van der Waals surface area contributed by atoms with Gasteiger partial charge in [-0.2, -0.15) is 5.10 Å². The van der Waals surface area contributed by atoms with Crippen LogP contribution in [0.15, 0.2) is 47.7 Å². The lowest BCUT2D eigenvalue weighted by Crippen LogP contribution is -2.45. The van der Waals surface area contributed by atoms with Gasteiger partial charge in [-0.1, -0.05) is 29.8 Å². The number of benzene rings is 1. The second-order valence-corrected chi connectivity index (χ2v) is 8.76. The fourth-order valence-corrected chi connectivity index (χ4v) is 4.81. The van der Waals surface area contributed by atoms with E-state index in [1.807, 2.05) is 66.0 Å². The van der Waals surface area contributed by atoms with Gasteiger partial charge in [0.25, 0.3) is 5.91 Å². The smallest absolute Gasteiger partial charge is 0.310 e. The van der Waals surface area contributed by atoms with E-state index in [4.69, 9.17) is 21.4 Å². The predicted molar refractivity (Wildman–Crippen MR) is 123 cm³/mol. The third-order valence-corrected chi connectivity index (χ3v) is 6.49. The van der Waals surface area contributed by atoms with Gasteiger partial charge in [0.05, 0.1) is 24.8 Å². The predicted octanol–water partition coefficient (Wildman–Crippen LogP) is 3.63. The highest BCUT2D eigenvalue weighted by molar-refractivity contribution is 6.34. The van der Waals surface area contributed by atoms with E-state index >= 15 is 0 Å².